The van der Waals surface area contributed by atoms with E-state index in [1.807, 2.05) is 9.80 Å². The number of hydrogen-bond donors (Lipinski definition) is 0. The number of alkyl halides is 3. The lowest BCUT2D eigenvalue weighted by Crippen LogP contribution is -2.57. The Labute approximate surface area is 203 Å². The highest BCUT2D eigenvalue weighted by atomic mass is 19.4. The van der Waals surface area contributed by atoms with Crippen LogP contribution in [0.3, 0.4) is 0 Å². The molecule has 0 unspecified atom stereocenters. The molecule has 10 heteroatoms. The molecule has 35 heavy (non-hydrogen) atoms. The van der Waals surface area contributed by atoms with Crippen LogP contribution in [0, 0.1) is 5.92 Å². The second-order valence-electron chi connectivity index (χ2n) is 10.2. The van der Waals surface area contributed by atoms with Gasteiger partial charge in [-0.25, -0.2) is 4.79 Å². The van der Waals surface area contributed by atoms with E-state index in [9.17, 15) is 22.8 Å². The van der Waals surface area contributed by atoms with E-state index in [4.69, 9.17) is 4.74 Å². The summed E-state index contributed by atoms with van der Waals surface area (Å²) in [5.41, 5.74) is 0.985. The fourth-order valence-electron chi connectivity index (χ4n) is 5.82. The van der Waals surface area contributed by atoms with Crippen LogP contribution in [0.4, 0.5) is 23.7 Å². The van der Waals surface area contributed by atoms with Gasteiger partial charge in [0.15, 0.2) is 5.78 Å². The molecule has 4 aliphatic heterocycles. The molecular weight excluding hydrogens is 461 g/mol. The van der Waals surface area contributed by atoms with E-state index in [0.717, 1.165) is 37.9 Å². The van der Waals surface area contributed by atoms with Gasteiger partial charge in [0.1, 0.15) is 6.61 Å². The number of piperidine rings is 1. The molecule has 0 saturated carbocycles. The Morgan fingerprint density at radius 2 is 1.74 bits per heavy atom. The van der Waals surface area contributed by atoms with Crippen LogP contribution in [0.5, 0.6) is 0 Å². The Bertz CT molecular complexity index is 942. The van der Waals surface area contributed by atoms with Gasteiger partial charge >= 0.3 is 12.2 Å². The van der Waals surface area contributed by atoms with Crippen molar-refractivity contribution in [3.8, 4) is 0 Å². The number of fused-ring (bicyclic) bond motifs is 1. The van der Waals surface area contributed by atoms with Crippen LogP contribution in [0.15, 0.2) is 18.2 Å². The standard InChI is InChI=1S/C25H33F3N4O3/c26-25(27,28)20-4-3-18(22(14-20)30-6-1-2-7-30)15-29-9-11-31(12-10-29)24(34)32-8-5-23-19(16-32)13-21(33)17-35-23/h3-4,14,19,23H,1-2,5-13,15-17H2/t19-,23+/m1/s1. The van der Waals surface area contributed by atoms with Crippen molar-refractivity contribution in [2.45, 2.75) is 44.5 Å². The van der Waals surface area contributed by atoms with Crippen molar-refractivity contribution in [2.75, 3.05) is 63.9 Å². The number of nitrogens with zero attached hydrogens (tertiary/aromatic N) is 4. The molecule has 4 saturated heterocycles. The van der Waals surface area contributed by atoms with Gasteiger partial charge in [0.25, 0.3) is 0 Å². The van der Waals surface area contributed by atoms with Crippen LogP contribution in [-0.4, -0.2) is 91.6 Å². The number of ether oxygens (including phenoxy) is 1. The quantitative estimate of drug-likeness (QED) is 0.646. The first-order valence-electron chi connectivity index (χ1n) is 12.6. The molecule has 4 fully saturated rings. The number of rotatable bonds is 3. The number of urea groups is 1. The maximum absolute atomic E-state index is 13.3. The van der Waals surface area contributed by atoms with E-state index >= 15 is 0 Å². The summed E-state index contributed by atoms with van der Waals surface area (Å²) in [5.74, 6) is 0.185. The minimum atomic E-state index is -4.36. The molecule has 7 nitrogen and oxygen atoms in total. The van der Waals surface area contributed by atoms with Crippen molar-refractivity contribution in [2.24, 2.45) is 5.92 Å². The predicted molar refractivity (Wildman–Crippen MR) is 124 cm³/mol. The first kappa shape index (κ1) is 24.4. The molecule has 4 heterocycles. The molecule has 0 aromatic heterocycles. The number of benzene rings is 1. The summed E-state index contributed by atoms with van der Waals surface area (Å²) < 4.78 is 45.6. The molecule has 0 aliphatic carbocycles. The summed E-state index contributed by atoms with van der Waals surface area (Å²) in [6, 6.07) is 4.10. The van der Waals surface area contributed by atoms with E-state index < -0.39 is 11.7 Å². The minimum absolute atomic E-state index is 0.00779. The van der Waals surface area contributed by atoms with Gasteiger partial charge in [0.2, 0.25) is 0 Å². The molecule has 0 N–H and O–H groups in total. The summed E-state index contributed by atoms with van der Waals surface area (Å²) in [5, 5.41) is 0. The summed E-state index contributed by atoms with van der Waals surface area (Å²) in [6.45, 7) is 6.03. The van der Waals surface area contributed by atoms with Crippen molar-refractivity contribution in [3.63, 3.8) is 0 Å². The van der Waals surface area contributed by atoms with E-state index in [0.29, 0.717) is 57.9 Å². The first-order chi connectivity index (χ1) is 16.8. The summed E-state index contributed by atoms with van der Waals surface area (Å²) in [4.78, 5) is 32.9. The molecule has 192 valence electrons. The second kappa shape index (κ2) is 9.97. The molecule has 0 bridgehead atoms. The van der Waals surface area contributed by atoms with Crippen LogP contribution in [0.1, 0.15) is 36.8 Å². The highest BCUT2D eigenvalue weighted by Gasteiger charge is 2.38. The Balaban J connectivity index is 1.19. The monoisotopic (exact) mass is 494 g/mol. The topological polar surface area (TPSA) is 56.3 Å². The van der Waals surface area contributed by atoms with Crippen molar-refractivity contribution in [3.05, 3.63) is 29.3 Å². The van der Waals surface area contributed by atoms with E-state index in [2.05, 4.69) is 9.80 Å². The van der Waals surface area contributed by atoms with Crippen LogP contribution in [0.25, 0.3) is 0 Å². The summed E-state index contributed by atoms with van der Waals surface area (Å²) >= 11 is 0. The number of carbonyl (C=O) groups excluding carboxylic acids is 2. The van der Waals surface area contributed by atoms with Crippen molar-refractivity contribution in [1.29, 1.82) is 0 Å². The molecule has 1 aromatic rings. The van der Waals surface area contributed by atoms with Gasteiger partial charge in [0, 0.05) is 76.9 Å². The number of halogens is 3. The van der Waals surface area contributed by atoms with Crippen LogP contribution >= 0.6 is 0 Å². The zero-order valence-electron chi connectivity index (χ0n) is 19.9. The third kappa shape index (κ3) is 5.43. The lowest BCUT2D eigenvalue weighted by molar-refractivity contribution is -0.140. The molecule has 1 aromatic carbocycles. The van der Waals surface area contributed by atoms with Gasteiger partial charge in [-0.3, -0.25) is 9.69 Å². The smallest absolute Gasteiger partial charge is 0.371 e. The molecule has 2 atom stereocenters. The Morgan fingerprint density at radius 3 is 2.46 bits per heavy atom. The number of ketones is 1. The predicted octanol–water partition coefficient (Wildman–Crippen LogP) is 3.22. The average molecular weight is 495 g/mol. The number of Topliss-reactive ketones (excluding diaryl/α,β-unsaturated/α-hetero) is 1. The molecule has 2 amide bonds. The van der Waals surface area contributed by atoms with E-state index in [1.165, 1.54) is 12.1 Å². The molecular formula is C25H33F3N4O3. The fraction of sp³-hybridized carbons (Fsp3) is 0.680. The van der Waals surface area contributed by atoms with Crippen LogP contribution in [0.2, 0.25) is 0 Å². The van der Waals surface area contributed by atoms with Gasteiger partial charge in [-0.2, -0.15) is 13.2 Å². The van der Waals surface area contributed by atoms with Crippen molar-refractivity contribution < 1.29 is 27.5 Å². The second-order valence-corrected chi connectivity index (χ2v) is 10.2. The van der Waals surface area contributed by atoms with Crippen LogP contribution < -0.4 is 4.90 Å². The number of anilines is 1. The minimum Gasteiger partial charge on any atom is -0.371 e. The summed E-state index contributed by atoms with van der Waals surface area (Å²) in [6.07, 6.45) is -1.05. The lowest BCUT2D eigenvalue weighted by atomic mass is 9.88. The van der Waals surface area contributed by atoms with E-state index in [1.54, 1.807) is 6.07 Å². The number of likely N-dealkylation sites (tertiary alicyclic amines) is 1. The highest BCUT2D eigenvalue weighted by molar-refractivity contribution is 5.81. The Hall–Kier alpha value is -2.33. The van der Waals surface area contributed by atoms with Crippen LogP contribution in [-0.2, 0) is 22.3 Å². The van der Waals surface area contributed by atoms with Gasteiger partial charge in [-0.15, -0.1) is 0 Å². The largest absolute Gasteiger partial charge is 0.416 e. The summed E-state index contributed by atoms with van der Waals surface area (Å²) in [7, 11) is 0. The molecule has 4 aliphatic rings. The average Bonchev–Trinajstić information content (AvgIpc) is 3.38. The third-order valence-electron chi connectivity index (χ3n) is 7.78. The normalized spacial score (nSPS) is 26.3. The Morgan fingerprint density at radius 1 is 1.00 bits per heavy atom. The third-order valence-corrected chi connectivity index (χ3v) is 7.78. The fourth-order valence-corrected chi connectivity index (χ4v) is 5.82. The van der Waals surface area contributed by atoms with Gasteiger partial charge < -0.3 is 19.4 Å². The molecule has 0 spiro atoms. The Kier molecular flexibility index (Phi) is 6.94. The maximum atomic E-state index is 13.3. The van der Waals surface area contributed by atoms with E-state index in [-0.39, 0.29) is 30.4 Å². The van der Waals surface area contributed by atoms with Gasteiger partial charge in [-0.1, -0.05) is 6.07 Å². The lowest BCUT2D eigenvalue weighted by Gasteiger charge is -2.43. The molecule has 5 rings (SSSR count). The zero-order valence-corrected chi connectivity index (χ0v) is 19.9. The number of amides is 2. The van der Waals surface area contributed by atoms with Crippen molar-refractivity contribution >= 4 is 17.5 Å². The number of carbonyl (C=O) groups is 2. The first-order valence-corrected chi connectivity index (χ1v) is 12.6. The highest BCUT2D eigenvalue weighted by Crippen LogP contribution is 2.35. The number of piperazine rings is 1. The zero-order chi connectivity index (χ0) is 24.6. The molecule has 0 radical (unpaired) electrons. The maximum Gasteiger partial charge on any atom is 0.416 e. The van der Waals surface area contributed by atoms with Gasteiger partial charge in [-0.05, 0) is 37.0 Å². The SMILES string of the molecule is O=C1CO[C@H]2CCN(C(=O)N3CCN(Cc4ccc(C(F)(F)F)cc4N4CCCC4)CC3)C[C@H]2C1. The van der Waals surface area contributed by atoms with Crippen molar-refractivity contribution in [1.82, 2.24) is 14.7 Å². The van der Waals surface area contributed by atoms with Gasteiger partial charge in [0.05, 0.1) is 11.7 Å². The number of hydrogen-bond acceptors (Lipinski definition) is 5.